The third-order valence-electron chi connectivity index (χ3n) is 6.22. The van der Waals surface area contributed by atoms with Crippen molar-refractivity contribution < 1.29 is 17.6 Å². The molecule has 0 bridgehead atoms. The molecule has 0 amide bonds. The highest BCUT2D eigenvalue weighted by molar-refractivity contribution is 5.55. The van der Waals surface area contributed by atoms with Crippen molar-refractivity contribution in [3.63, 3.8) is 0 Å². The molecule has 0 aliphatic carbocycles. The van der Waals surface area contributed by atoms with Crippen LogP contribution < -0.4 is 0 Å². The van der Waals surface area contributed by atoms with Gasteiger partial charge in [-0.2, -0.15) is 0 Å². The summed E-state index contributed by atoms with van der Waals surface area (Å²) < 4.78 is 57.6. The van der Waals surface area contributed by atoms with Gasteiger partial charge < -0.3 is 0 Å². The smallest absolute Gasteiger partial charge is 0.175 e. The minimum absolute atomic E-state index is 0.143. The van der Waals surface area contributed by atoms with Gasteiger partial charge in [0.2, 0.25) is 0 Å². The monoisotopic (exact) mass is 522 g/mol. The molecule has 0 aliphatic heterocycles. The lowest BCUT2D eigenvalue weighted by Crippen LogP contribution is -1.93. The van der Waals surface area contributed by atoms with Crippen molar-refractivity contribution in [3.8, 4) is 23.7 Å². The number of rotatable bonds is 14. The second-order valence-corrected chi connectivity index (χ2v) is 9.37. The number of benzene rings is 2. The Morgan fingerprint density at radius 3 is 1.32 bits per heavy atom. The fourth-order valence-electron chi connectivity index (χ4n) is 3.93. The van der Waals surface area contributed by atoms with Crippen molar-refractivity contribution >= 4 is 12.2 Å². The van der Waals surface area contributed by atoms with E-state index in [1.165, 1.54) is 62.8 Å². The van der Waals surface area contributed by atoms with Gasteiger partial charge in [0.05, 0.1) is 11.1 Å². The molecule has 0 heterocycles. The lowest BCUT2D eigenvalue weighted by Gasteiger charge is -2.01. The molecule has 0 fully saturated rings. The van der Waals surface area contributed by atoms with Crippen LogP contribution in [0.25, 0.3) is 12.2 Å². The first-order valence-electron chi connectivity index (χ1n) is 13.8. The summed E-state index contributed by atoms with van der Waals surface area (Å²) in [4.78, 5) is 0. The van der Waals surface area contributed by atoms with Crippen molar-refractivity contribution in [2.75, 3.05) is 0 Å². The largest absolute Gasteiger partial charge is 0.203 e. The third-order valence-corrected chi connectivity index (χ3v) is 6.22. The molecule has 0 aromatic heterocycles. The summed E-state index contributed by atoms with van der Waals surface area (Å²) in [6.45, 7) is 4.32. The van der Waals surface area contributed by atoms with Gasteiger partial charge in [-0.1, -0.05) is 102 Å². The molecule has 0 radical (unpaired) electrons. The first kappa shape index (κ1) is 31.0. The molecule has 38 heavy (non-hydrogen) atoms. The highest BCUT2D eigenvalue weighted by atomic mass is 19.2. The van der Waals surface area contributed by atoms with Crippen molar-refractivity contribution in [1.82, 2.24) is 0 Å². The molecule has 202 valence electrons. The summed E-state index contributed by atoms with van der Waals surface area (Å²) in [5, 5.41) is 0. The van der Waals surface area contributed by atoms with E-state index >= 15 is 0 Å². The van der Waals surface area contributed by atoms with Crippen molar-refractivity contribution in [3.05, 3.63) is 81.9 Å². The molecule has 0 saturated carbocycles. The standard InChI is InChI=1S/C34H38F4/c1-3-5-7-9-11-13-15-19-27-23-25-29(33(37)31(27)35)21-17-18-22-30-26-24-28(32(36)34(30)38)20-16-14-12-10-8-6-4-2/h15-16,19-20,23-26H,3-14H2,1-2H3/b19-15+,20-16+. The van der Waals surface area contributed by atoms with Crippen molar-refractivity contribution in [2.45, 2.75) is 90.9 Å². The Bertz CT molecular complexity index is 1100. The summed E-state index contributed by atoms with van der Waals surface area (Å²) in [5.74, 6) is 5.67. The molecular formula is C34H38F4. The average molecular weight is 523 g/mol. The fourth-order valence-corrected chi connectivity index (χ4v) is 3.93. The van der Waals surface area contributed by atoms with Crippen LogP contribution in [0.5, 0.6) is 0 Å². The van der Waals surface area contributed by atoms with Crippen LogP contribution in [0.1, 0.15) is 113 Å². The molecule has 0 nitrogen and oxygen atoms in total. The first-order valence-corrected chi connectivity index (χ1v) is 13.8. The van der Waals surface area contributed by atoms with E-state index in [9.17, 15) is 17.6 Å². The topological polar surface area (TPSA) is 0 Å². The molecule has 0 unspecified atom stereocenters. The quantitative estimate of drug-likeness (QED) is 0.131. The zero-order valence-electron chi connectivity index (χ0n) is 22.6. The van der Waals surface area contributed by atoms with Gasteiger partial charge in [-0.15, -0.1) is 0 Å². The summed E-state index contributed by atoms with van der Waals surface area (Å²) in [5.41, 5.74) is 0.0393. The number of hydrogen-bond donors (Lipinski definition) is 0. The molecule has 0 atom stereocenters. The Hall–Kier alpha value is -3.24. The Labute approximate surface area is 226 Å². The molecule has 0 saturated heterocycles. The Morgan fingerprint density at radius 2 is 0.921 bits per heavy atom. The van der Waals surface area contributed by atoms with Crippen LogP contribution in [0, 0.1) is 47.0 Å². The molecule has 2 aromatic carbocycles. The summed E-state index contributed by atoms with van der Waals surface area (Å²) >= 11 is 0. The molecular weight excluding hydrogens is 484 g/mol. The Balaban J connectivity index is 1.98. The van der Waals surface area contributed by atoms with Gasteiger partial charge in [0.15, 0.2) is 23.3 Å². The molecule has 0 aliphatic rings. The Kier molecular flexibility index (Phi) is 14.7. The van der Waals surface area contributed by atoms with Gasteiger partial charge in [0.1, 0.15) is 0 Å². The van der Waals surface area contributed by atoms with E-state index in [4.69, 9.17) is 0 Å². The number of hydrogen-bond acceptors (Lipinski definition) is 0. The third kappa shape index (κ3) is 10.6. The van der Waals surface area contributed by atoms with Gasteiger partial charge in [-0.3, -0.25) is 0 Å². The predicted octanol–water partition coefficient (Wildman–Crippen LogP) is 10.4. The summed E-state index contributed by atoms with van der Waals surface area (Å²) in [6.07, 6.45) is 20.0. The fraction of sp³-hybridized carbons (Fsp3) is 0.412. The molecule has 0 N–H and O–H groups in total. The van der Waals surface area contributed by atoms with Crippen LogP contribution in [0.2, 0.25) is 0 Å². The highest BCUT2D eigenvalue weighted by Crippen LogP contribution is 2.19. The van der Waals surface area contributed by atoms with Crippen LogP contribution in [0.15, 0.2) is 36.4 Å². The second-order valence-electron chi connectivity index (χ2n) is 9.37. The van der Waals surface area contributed by atoms with E-state index < -0.39 is 23.3 Å². The average Bonchev–Trinajstić information content (AvgIpc) is 2.92. The SMILES string of the molecule is CCCCCCC/C=C/c1ccc(C#CC#Cc2ccc(/C=C/CCCCCCC)c(F)c2F)c(F)c1F. The molecule has 0 spiro atoms. The first-order chi connectivity index (χ1) is 18.5. The van der Waals surface area contributed by atoms with E-state index in [-0.39, 0.29) is 22.3 Å². The molecule has 2 rings (SSSR count). The predicted molar refractivity (Wildman–Crippen MR) is 151 cm³/mol. The summed E-state index contributed by atoms with van der Waals surface area (Å²) in [6, 6.07) is 5.71. The van der Waals surface area contributed by atoms with E-state index in [0.717, 1.165) is 38.5 Å². The maximum Gasteiger partial charge on any atom is 0.175 e. The lowest BCUT2D eigenvalue weighted by atomic mass is 10.1. The van der Waals surface area contributed by atoms with E-state index in [1.54, 1.807) is 12.2 Å². The van der Waals surface area contributed by atoms with Gasteiger partial charge >= 0.3 is 0 Å². The van der Waals surface area contributed by atoms with Crippen LogP contribution in [0.4, 0.5) is 17.6 Å². The van der Waals surface area contributed by atoms with Crippen molar-refractivity contribution in [1.29, 1.82) is 0 Å². The normalized spacial score (nSPS) is 11.0. The van der Waals surface area contributed by atoms with Gasteiger partial charge in [-0.25, -0.2) is 17.6 Å². The highest BCUT2D eigenvalue weighted by Gasteiger charge is 2.11. The second kappa shape index (κ2) is 18.1. The Morgan fingerprint density at radius 1 is 0.526 bits per heavy atom. The molecule has 4 heteroatoms. The van der Waals surface area contributed by atoms with E-state index in [0.29, 0.717) is 0 Å². The van der Waals surface area contributed by atoms with Crippen LogP contribution in [0.3, 0.4) is 0 Å². The van der Waals surface area contributed by atoms with Crippen LogP contribution >= 0.6 is 0 Å². The van der Waals surface area contributed by atoms with Gasteiger partial charge in [0.25, 0.3) is 0 Å². The molecule has 2 aromatic rings. The zero-order chi connectivity index (χ0) is 27.6. The van der Waals surface area contributed by atoms with Gasteiger partial charge in [-0.05, 0) is 61.5 Å². The maximum atomic E-state index is 14.4. The van der Waals surface area contributed by atoms with Crippen LogP contribution in [-0.4, -0.2) is 0 Å². The van der Waals surface area contributed by atoms with Crippen molar-refractivity contribution in [2.24, 2.45) is 0 Å². The zero-order valence-corrected chi connectivity index (χ0v) is 22.6. The van der Waals surface area contributed by atoms with Gasteiger partial charge in [0, 0.05) is 11.1 Å². The lowest BCUT2D eigenvalue weighted by molar-refractivity contribution is 0.505. The van der Waals surface area contributed by atoms with Crippen LogP contribution in [-0.2, 0) is 0 Å². The summed E-state index contributed by atoms with van der Waals surface area (Å²) in [7, 11) is 0. The number of allylic oxidation sites excluding steroid dienone is 2. The number of halogens is 4. The minimum Gasteiger partial charge on any atom is -0.203 e. The maximum absolute atomic E-state index is 14.4. The number of unbranched alkanes of at least 4 members (excludes halogenated alkanes) is 10. The minimum atomic E-state index is -1.05. The van der Waals surface area contributed by atoms with E-state index in [2.05, 4.69) is 37.5 Å². The van der Waals surface area contributed by atoms with E-state index in [1.807, 2.05) is 12.2 Å².